The second-order valence-corrected chi connectivity index (χ2v) is 7.91. The molecule has 3 aromatic rings. The number of hydrogen-bond acceptors (Lipinski definition) is 7. The minimum absolute atomic E-state index is 0.00762. The number of aromatic nitrogens is 2. The van der Waals surface area contributed by atoms with Crippen molar-refractivity contribution in [1.29, 1.82) is 0 Å². The van der Waals surface area contributed by atoms with Gasteiger partial charge in [-0.05, 0) is 42.8 Å². The summed E-state index contributed by atoms with van der Waals surface area (Å²) in [6.07, 6.45) is 0.864. The Morgan fingerprint density at radius 1 is 0.812 bits per heavy atom. The van der Waals surface area contributed by atoms with E-state index in [1.807, 2.05) is 29.2 Å². The van der Waals surface area contributed by atoms with Gasteiger partial charge in [-0.25, -0.2) is 0 Å². The number of carbonyl (C=O) groups excluding carboxylic acids is 1. The van der Waals surface area contributed by atoms with Gasteiger partial charge in [-0.2, -0.15) is 5.10 Å². The minimum Gasteiger partial charge on any atom is -0.454 e. The van der Waals surface area contributed by atoms with Crippen molar-refractivity contribution in [3.63, 3.8) is 0 Å². The molecule has 1 aromatic heterocycles. The number of carbonyl (C=O) groups is 1. The Hall–Kier alpha value is -3.88. The quantitative estimate of drug-likeness (QED) is 0.678. The summed E-state index contributed by atoms with van der Waals surface area (Å²) < 4.78 is 21.6. The van der Waals surface area contributed by atoms with Gasteiger partial charge in [-0.3, -0.25) is 9.89 Å². The van der Waals surface area contributed by atoms with Crippen LogP contribution in [0.25, 0.3) is 11.3 Å². The number of hydrogen-bond donors (Lipinski definition) is 1. The van der Waals surface area contributed by atoms with Crippen LogP contribution in [0.1, 0.15) is 16.8 Å². The second-order valence-electron chi connectivity index (χ2n) is 7.91. The molecule has 3 aliphatic rings. The van der Waals surface area contributed by atoms with Crippen LogP contribution in [0.4, 0.5) is 5.82 Å². The molecule has 0 bridgehead atoms. The summed E-state index contributed by atoms with van der Waals surface area (Å²) in [5, 5.41) is 7.63. The average molecular weight is 434 g/mol. The smallest absolute Gasteiger partial charge is 0.254 e. The molecular formula is C23H22N4O5. The van der Waals surface area contributed by atoms with E-state index in [1.54, 1.807) is 18.2 Å². The molecule has 1 amide bonds. The van der Waals surface area contributed by atoms with E-state index in [2.05, 4.69) is 15.1 Å². The number of H-pyrrole nitrogens is 1. The molecule has 3 aliphatic heterocycles. The first-order valence-corrected chi connectivity index (χ1v) is 10.6. The molecule has 1 N–H and O–H groups in total. The van der Waals surface area contributed by atoms with Crippen LogP contribution < -0.4 is 23.8 Å². The summed E-state index contributed by atoms with van der Waals surface area (Å²) in [7, 11) is 0. The van der Waals surface area contributed by atoms with Gasteiger partial charge in [-0.1, -0.05) is 0 Å². The Morgan fingerprint density at radius 3 is 2.41 bits per heavy atom. The molecule has 0 aliphatic carbocycles. The lowest BCUT2D eigenvalue weighted by Crippen LogP contribution is -2.35. The number of fused-ring (bicyclic) bond motifs is 2. The zero-order valence-corrected chi connectivity index (χ0v) is 17.4. The lowest BCUT2D eigenvalue weighted by Gasteiger charge is -2.22. The van der Waals surface area contributed by atoms with Crippen LogP contribution in [0, 0.1) is 0 Å². The van der Waals surface area contributed by atoms with E-state index in [0.29, 0.717) is 36.7 Å². The molecule has 9 nitrogen and oxygen atoms in total. The van der Waals surface area contributed by atoms with Crippen molar-refractivity contribution in [2.45, 2.75) is 6.42 Å². The molecule has 0 unspecified atom stereocenters. The molecule has 6 rings (SSSR count). The molecule has 0 saturated carbocycles. The Kier molecular flexibility index (Phi) is 4.52. The third-order valence-corrected chi connectivity index (χ3v) is 5.97. The summed E-state index contributed by atoms with van der Waals surface area (Å²) in [5.74, 6) is 3.68. The SMILES string of the molecule is O=C(c1ccc2c(c1)OCO2)N1CCCN(c2cc(-c3ccc4c(c3)OCO4)[nH]n2)CC1. The largest absolute Gasteiger partial charge is 0.454 e. The number of anilines is 1. The van der Waals surface area contributed by atoms with Crippen LogP contribution in [0.3, 0.4) is 0 Å². The van der Waals surface area contributed by atoms with Crippen molar-refractivity contribution < 1.29 is 23.7 Å². The van der Waals surface area contributed by atoms with Crippen LogP contribution in [0.5, 0.6) is 23.0 Å². The van der Waals surface area contributed by atoms with Crippen LogP contribution >= 0.6 is 0 Å². The van der Waals surface area contributed by atoms with Crippen molar-refractivity contribution in [2.24, 2.45) is 0 Å². The maximum absolute atomic E-state index is 13.0. The molecule has 164 valence electrons. The van der Waals surface area contributed by atoms with E-state index in [1.165, 1.54) is 0 Å². The lowest BCUT2D eigenvalue weighted by atomic mass is 10.1. The molecule has 32 heavy (non-hydrogen) atoms. The van der Waals surface area contributed by atoms with Gasteiger partial charge >= 0.3 is 0 Å². The number of nitrogens with one attached hydrogen (secondary N) is 1. The van der Waals surface area contributed by atoms with E-state index in [0.717, 1.165) is 41.5 Å². The van der Waals surface area contributed by atoms with E-state index in [4.69, 9.17) is 18.9 Å². The molecule has 0 spiro atoms. The van der Waals surface area contributed by atoms with Crippen molar-refractivity contribution in [3.05, 3.63) is 48.0 Å². The number of rotatable bonds is 3. The Labute approximate surface area is 184 Å². The topological polar surface area (TPSA) is 89.2 Å². The standard InChI is InChI=1S/C23H22N4O5/c28-23(16-3-5-19-21(11-16)32-14-30-19)27-7-1-6-26(8-9-27)22-12-17(24-25-22)15-2-4-18-20(10-15)31-13-29-18/h2-5,10-12H,1,6-9,13-14H2,(H,24,25). The molecular weight excluding hydrogens is 412 g/mol. The Morgan fingerprint density at radius 2 is 1.56 bits per heavy atom. The predicted molar refractivity (Wildman–Crippen MR) is 115 cm³/mol. The third kappa shape index (κ3) is 3.35. The number of nitrogens with zero attached hydrogens (tertiary/aromatic N) is 3. The van der Waals surface area contributed by atoms with Gasteiger partial charge in [0.1, 0.15) is 0 Å². The van der Waals surface area contributed by atoms with Crippen LogP contribution in [-0.4, -0.2) is 60.8 Å². The highest BCUT2D eigenvalue weighted by atomic mass is 16.7. The second kappa shape index (κ2) is 7.67. The average Bonchev–Trinajstić information content (AvgIpc) is 3.55. The van der Waals surface area contributed by atoms with Crippen LogP contribution in [-0.2, 0) is 0 Å². The zero-order chi connectivity index (χ0) is 21.5. The number of ether oxygens (including phenoxy) is 4. The highest BCUT2D eigenvalue weighted by molar-refractivity contribution is 5.95. The molecule has 0 radical (unpaired) electrons. The first kappa shape index (κ1) is 18.9. The Balaban J connectivity index is 1.14. The third-order valence-electron chi connectivity index (χ3n) is 5.97. The van der Waals surface area contributed by atoms with E-state index < -0.39 is 0 Å². The summed E-state index contributed by atoms with van der Waals surface area (Å²) >= 11 is 0. The van der Waals surface area contributed by atoms with Gasteiger partial charge < -0.3 is 28.7 Å². The van der Waals surface area contributed by atoms with Crippen LogP contribution in [0.2, 0.25) is 0 Å². The molecule has 9 heteroatoms. The van der Waals surface area contributed by atoms with Gasteiger partial charge in [0.05, 0.1) is 5.69 Å². The molecule has 2 aromatic carbocycles. The van der Waals surface area contributed by atoms with Crippen molar-refractivity contribution in [2.75, 3.05) is 44.7 Å². The first-order chi connectivity index (χ1) is 15.7. The maximum atomic E-state index is 13.0. The van der Waals surface area contributed by atoms with E-state index >= 15 is 0 Å². The van der Waals surface area contributed by atoms with Gasteiger partial charge in [0, 0.05) is 43.4 Å². The number of benzene rings is 2. The normalized spacial score (nSPS) is 16.9. The number of amides is 1. The summed E-state index contributed by atoms with van der Waals surface area (Å²) in [4.78, 5) is 17.1. The van der Waals surface area contributed by atoms with Gasteiger partial charge in [-0.15, -0.1) is 0 Å². The first-order valence-electron chi connectivity index (χ1n) is 10.6. The fourth-order valence-corrected chi connectivity index (χ4v) is 4.25. The molecule has 0 atom stereocenters. The number of aromatic amines is 1. The monoisotopic (exact) mass is 434 g/mol. The lowest BCUT2D eigenvalue weighted by molar-refractivity contribution is 0.0766. The van der Waals surface area contributed by atoms with Crippen molar-refractivity contribution >= 4 is 11.7 Å². The highest BCUT2D eigenvalue weighted by Crippen LogP contribution is 2.36. The highest BCUT2D eigenvalue weighted by Gasteiger charge is 2.24. The fourth-order valence-electron chi connectivity index (χ4n) is 4.25. The van der Waals surface area contributed by atoms with Gasteiger partial charge in [0.15, 0.2) is 28.8 Å². The fraction of sp³-hybridized carbons (Fsp3) is 0.304. The van der Waals surface area contributed by atoms with Crippen molar-refractivity contribution in [3.8, 4) is 34.3 Å². The maximum Gasteiger partial charge on any atom is 0.254 e. The van der Waals surface area contributed by atoms with Crippen LogP contribution in [0.15, 0.2) is 42.5 Å². The summed E-state index contributed by atoms with van der Waals surface area (Å²) in [6.45, 7) is 3.31. The Bertz CT molecular complexity index is 1180. The summed E-state index contributed by atoms with van der Waals surface area (Å²) in [6, 6.07) is 13.2. The van der Waals surface area contributed by atoms with Gasteiger partial charge in [0.2, 0.25) is 13.6 Å². The van der Waals surface area contributed by atoms with E-state index in [9.17, 15) is 4.79 Å². The zero-order valence-electron chi connectivity index (χ0n) is 17.4. The van der Waals surface area contributed by atoms with E-state index in [-0.39, 0.29) is 19.5 Å². The van der Waals surface area contributed by atoms with Gasteiger partial charge in [0.25, 0.3) is 5.91 Å². The molecule has 1 fully saturated rings. The van der Waals surface area contributed by atoms with Crippen molar-refractivity contribution in [1.82, 2.24) is 15.1 Å². The summed E-state index contributed by atoms with van der Waals surface area (Å²) in [5.41, 5.74) is 2.52. The minimum atomic E-state index is 0.00762. The predicted octanol–water partition coefficient (Wildman–Crippen LogP) is 2.89. The molecule has 1 saturated heterocycles. The molecule has 4 heterocycles.